The zero-order valence-electron chi connectivity index (χ0n) is 18.8. The summed E-state index contributed by atoms with van der Waals surface area (Å²) in [6.45, 7) is 6.37. The molecular weight excluding hydrogens is 384 g/mol. The average molecular weight is 419 g/mol. The molecule has 1 aromatic rings. The van der Waals surface area contributed by atoms with Gasteiger partial charge in [0.15, 0.2) is 11.5 Å². The summed E-state index contributed by atoms with van der Waals surface area (Å²) in [5.41, 5.74) is 0.930. The fourth-order valence-corrected chi connectivity index (χ4v) is 4.60. The molecule has 0 spiro atoms. The number of hydrogen-bond acceptors (Lipinski definition) is 5. The third kappa shape index (κ3) is 4.35. The summed E-state index contributed by atoms with van der Waals surface area (Å²) in [4.78, 5) is 30.0. The molecule has 30 heavy (non-hydrogen) atoms. The Morgan fingerprint density at radius 3 is 2.00 bits per heavy atom. The minimum atomic E-state index is -0.270. The van der Waals surface area contributed by atoms with E-state index in [2.05, 4.69) is 0 Å². The number of hydrogen-bond donors (Lipinski definition) is 0. The number of carbonyl (C=O) groups is 2. The highest BCUT2D eigenvalue weighted by Crippen LogP contribution is 2.43. The number of likely N-dealkylation sites (tertiary alicyclic amines) is 2. The van der Waals surface area contributed by atoms with E-state index in [-0.39, 0.29) is 29.6 Å². The number of ether oxygens (including phenoxy) is 3. The molecule has 0 N–H and O–H groups in total. The fourth-order valence-electron chi connectivity index (χ4n) is 4.60. The van der Waals surface area contributed by atoms with Gasteiger partial charge in [0.2, 0.25) is 17.6 Å². The summed E-state index contributed by atoms with van der Waals surface area (Å²) in [5, 5.41) is 0. The van der Waals surface area contributed by atoms with Crippen LogP contribution in [0.2, 0.25) is 0 Å². The number of methoxy groups -OCH3 is 3. The van der Waals surface area contributed by atoms with Crippen LogP contribution in [0.15, 0.2) is 12.1 Å². The molecule has 0 aromatic heterocycles. The lowest BCUT2D eigenvalue weighted by molar-refractivity contribution is -0.137. The van der Waals surface area contributed by atoms with Gasteiger partial charge in [-0.15, -0.1) is 0 Å². The molecule has 2 atom stereocenters. The van der Waals surface area contributed by atoms with E-state index in [9.17, 15) is 9.59 Å². The van der Waals surface area contributed by atoms with Crippen LogP contribution in [0.25, 0.3) is 0 Å². The molecular formula is C23H34N2O5. The highest BCUT2D eigenvalue weighted by atomic mass is 16.5. The predicted molar refractivity (Wildman–Crippen MR) is 114 cm³/mol. The quantitative estimate of drug-likeness (QED) is 0.711. The Bertz CT molecular complexity index is 748. The van der Waals surface area contributed by atoms with Crippen molar-refractivity contribution in [2.45, 2.75) is 39.0 Å². The first-order valence-electron chi connectivity index (χ1n) is 10.8. The minimum Gasteiger partial charge on any atom is -0.493 e. The van der Waals surface area contributed by atoms with Crippen molar-refractivity contribution in [2.24, 2.45) is 11.8 Å². The van der Waals surface area contributed by atoms with Gasteiger partial charge in [0.1, 0.15) is 0 Å². The van der Waals surface area contributed by atoms with Crippen LogP contribution in [0.1, 0.15) is 44.6 Å². The molecule has 0 saturated carbocycles. The van der Waals surface area contributed by atoms with Crippen LogP contribution in [0.4, 0.5) is 0 Å². The largest absolute Gasteiger partial charge is 0.493 e. The molecule has 2 heterocycles. The van der Waals surface area contributed by atoms with Gasteiger partial charge < -0.3 is 24.0 Å². The molecule has 166 valence electrons. The summed E-state index contributed by atoms with van der Waals surface area (Å²) in [6, 6.07) is 3.82. The highest BCUT2D eigenvalue weighted by Gasteiger charge is 2.43. The molecule has 7 nitrogen and oxygen atoms in total. The first-order chi connectivity index (χ1) is 14.4. The average Bonchev–Trinajstić information content (AvgIpc) is 3.22. The van der Waals surface area contributed by atoms with Crippen molar-refractivity contribution in [2.75, 3.05) is 47.5 Å². The van der Waals surface area contributed by atoms with E-state index in [0.29, 0.717) is 30.3 Å². The number of piperidine rings is 1. The third-order valence-corrected chi connectivity index (χ3v) is 6.23. The number of benzene rings is 1. The second kappa shape index (κ2) is 9.58. The van der Waals surface area contributed by atoms with Gasteiger partial charge in [0, 0.05) is 38.0 Å². The Morgan fingerprint density at radius 1 is 0.900 bits per heavy atom. The lowest BCUT2D eigenvalue weighted by atomic mass is 9.87. The van der Waals surface area contributed by atoms with E-state index in [0.717, 1.165) is 31.5 Å². The lowest BCUT2D eigenvalue weighted by Gasteiger charge is -2.31. The number of carbonyl (C=O) groups excluding carboxylic acids is 2. The molecule has 7 heteroatoms. The van der Waals surface area contributed by atoms with Crippen molar-refractivity contribution < 1.29 is 23.8 Å². The maximum atomic E-state index is 13.5. The van der Waals surface area contributed by atoms with Crippen LogP contribution < -0.4 is 14.2 Å². The Balaban J connectivity index is 1.98. The maximum Gasteiger partial charge on any atom is 0.228 e. The lowest BCUT2D eigenvalue weighted by Crippen LogP contribution is -2.42. The zero-order valence-corrected chi connectivity index (χ0v) is 18.8. The maximum absolute atomic E-state index is 13.5. The van der Waals surface area contributed by atoms with Crippen LogP contribution in [0.5, 0.6) is 17.2 Å². The summed E-state index contributed by atoms with van der Waals surface area (Å²) in [7, 11) is 4.74. The van der Waals surface area contributed by atoms with Gasteiger partial charge in [0.05, 0.1) is 27.2 Å². The van der Waals surface area contributed by atoms with Crippen LogP contribution in [-0.2, 0) is 9.59 Å². The van der Waals surface area contributed by atoms with Crippen molar-refractivity contribution in [1.29, 1.82) is 0 Å². The van der Waals surface area contributed by atoms with Crippen molar-refractivity contribution in [3.63, 3.8) is 0 Å². The van der Waals surface area contributed by atoms with Crippen molar-refractivity contribution >= 4 is 11.8 Å². The van der Waals surface area contributed by atoms with Crippen molar-refractivity contribution in [3.05, 3.63) is 17.7 Å². The highest BCUT2D eigenvalue weighted by molar-refractivity contribution is 5.84. The molecule has 2 aliphatic rings. The molecule has 0 aliphatic carbocycles. The molecule has 2 aliphatic heterocycles. The van der Waals surface area contributed by atoms with Gasteiger partial charge >= 0.3 is 0 Å². The monoisotopic (exact) mass is 418 g/mol. The van der Waals surface area contributed by atoms with Gasteiger partial charge in [-0.05, 0) is 37.0 Å². The van der Waals surface area contributed by atoms with Crippen LogP contribution in [0.3, 0.4) is 0 Å². The summed E-state index contributed by atoms with van der Waals surface area (Å²) >= 11 is 0. The molecule has 1 aromatic carbocycles. The second-order valence-electron chi connectivity index (χ2n) is 8.46. The summed E-state index contributed by atoms with van der Waals surface area (Å²) < 4.78 is 16.5. The first-order valence-corrected chi connectivity index (χ1v) is 10.8. The van der Waals surface area contributed by atoms with E-state index in [1.165, 1.54) is 6.42 Å². The predicted octanol–water partition coefficient (Wildman–Crippen LogP) is 2.92. The van der Waals surface area contributed by atoms with Gasteiger partial charge in [-0.2, -0.15) is 0 Å². The molecule has 0 radical (unpaired) electrons. The van der Waals surface area contributed by atoms with Crippen molar-refractivity contribution in [3.8, 4) is 17.2 Å². The number of rotatable bonds is 6. The zero-order chi connectivity index (χ0) is 21.8. The molecule has 3 rings (SSSR count). The second-order valence-corrected chi connectivity index (χ2v) is 8.46. The van der Waals surface area contributed by atoms with E-state index in [4.69, 9.17) is 14.2 Å². The Kier molecular flexibility index (Phi) is 7.10. The van der Waals surface area contributed by atoms with Crippen molar-refractivity contribution in [1.82, 2.24) is 9.80 Å². The van der Waals surface area contributed by atoms with E-state index in [1.807, 2.05) is 35.8 Å². The standard InChI is InChI=1S/C23H34N2O5/c1-15(2)22(26)25-13-17(18(14-25)23(27)24-9-7-6-8-10-24)16-11-19(28-3)21(30-5)20(12-16)29-4/h11-12,15,17-18H,6-10,13-14H2,1-5H3. The molecule has 0 bridgehead atoms. The fraction of sp³-hybridized carbons (Fsp3) is 0.652. The van der Waals surface area contributed by atoms with E-state index in [1.54, 1.807) is 21.3 Å². The number of amides is 2. The Morgan fingerprint density at radius 2 is 1.50 bits per heavy atom. The van der Waals surface area contributed by atoms with Crippen LogP contribution in [-0.4, -0.2) is 69.1 Å². The van der Waals surface area contributed by atoms with E-state index >= 15 is 0 Å². The smallest absolute Gasteiger partial charge is 0.228 e. The van der Waals surface area contributed by atoms with Gasteiger partial charge in [-0.3, -0.25) is 9.59 Å². The normalized spacial score (nSPS) is 21.7. The molecule has 2 amide bonds. The summed E-state index contributed by atoms with van der Waals surface area (Å²) in [6.07, 6.45) is 3.26. The number of nitrogens with zero attached hydrogens (tertiary/aromatic N) is 2. The molecule has 2 unspecified atom stereocenters. The topological polar surface area (TPSA) is 68.3 Å². The first kappa shape index (κ1) is 22.2. The summed E-state index contributed by atoms with van der Waals surface area (Å²) in [5.74, 6) is 1.39. The van der Waals surface area contributed by atoms with Crippen LogP contribution >= 0.6 is 0 Å². The molecule has 2 saturated heterocycles. The third-order valence-electron chi connectivity index (χ3n) is 6.23. The Hall–Kier alpha value is -2.44. The van der Waals surface area contributed by atoms with Gasteiger partial charge in [0.25, 0.3) is 0 Å². The minimum absolute atomic E-state index is 0.0846. The van der Waals surface area contributed by atoms with E-state index < -0.39 is 0 Å². The van der Waals surface area contributed by atoms with Gasteiger partial charge in [-0.1, -0.05) is 13.8 Å². The SMILES string of the molecule is COc1cc(C2CN(C(=O)C(C)C)CC2C(=O)N2CCCCC2)cc(OC)c1OC. The van der Waals surface area contributed by atoms with Crippen LogP contribution in [0, 0.1) is 11.8 Å². The molecule has 2 fully saturated rings. The Labute approximate surface area is 179 Å². The van der Waals surface area contributed by atoms with Gasteiger partial charge in [-0.25, -0.2) is 0 Å².